The number of benzene rings is 3. The molecule has 0 heterocycles. The van der Waals surface area contributed by atoms with E-state index in [-0.39, 0.29) is 47.9 Å². The van der Waals surface area contributed by atoms with Crippen LogP contribution in [0, 0.1) is 23.2 Å². The van der Waals surface area contributed by atoms with Crippen LogP contribution in [0.2, 0.25) is 0 Å². The first-order chi connectivity index (χ1) is 20.7. The highest BCUT2D eigenvalue weighted by molar-refractivity contribution is 7.97. The molecular formula is C32H31F5O5S2. The van der Waals surface area contributed by atoms with E-state index in [1.807, 2.05) is 0 Å². The molecule has 236 valence electrons. The zero-order valence-corrected chi connectivity index (χ0v) is 25.1. The molecule has 0 radical (unpaired) electrons. The molecule has 1 unspecified atom stereocenters. The Bertz CT molecular complexity index is 1400. The van der Waals surface area contributed by atoms with E-state index in [1.165, 1.54) is 14.7 Å². The van der Waals surface area contributed by atoms with E-state index in [4.69, 9.17) is 0 Å². The third-order valence-corrected chi connectivity index (χ3v) is 11.7. The molecule has 4 fully saturated rings. The Morgan fingerprint density at radius 2 is 1.07 bits per heavy atom. The highest BCUT2D eigenvalue weighted by Crippen LogP contribution is 2.60. The average molecular weight is 655 g/mol. The Kier molecular flexibility index (Phi) is 9.17. The van der Waals surface area contributed by atoms with Gasteiger partial charge in [-0.05, 0) is 92.7 Å². The summed E-state index contributed by atoms with van der Waals surface area (Å²) >= 11 is 0. The van der Waals surface area contributed by atoms with Gasteiger partial charge in [0.05, 0.1) is 16.3 Å². The number of halogens is 5. The number of hydrogen-bond acceptors (Lipinski definition) is 5. The second-order valence-electron chi connectivity index (χ2n) is 11.8. The van der Waals surface area contributed by atoms with Crippen LogP contribution in [0.15, 0.2) is 106 Å². The van der Waals surface area contributed by atoms with Crippen LogP contribution in [0.25, 0.3) is 0 Å². The Morgan fingerprint density at radius 1 is 0.727 bits per heavy atom. The summed E-state index contributed by atoms with van der Waals surface area (Å²) in [5.41, 5.74) is -1.29. The van der Waals surface area contributed by atoms with E-state index in [0.717, 1.165) is 19.3 Å². The van der Waals surface area contributed by atoms with Gasteiger partial charge in [0.2, 0.25) is 0 Å². The summed E-state index contributed by atoms with van der Waals surface area (Å²) < 4.78 is 102. The summed E-state index contributed by atoms with van der Waals surface area (Å²) in [6.07, 6.45) is -6.91. The average Bonchev–Trinajstić information content (AvgIpc) is 2.96. The third kappa shape index (κ3) is 6.82. The Hall–Kier alpha value is -2.96. The van der Waals surface area contributed by atoms with Crippen molar-refractivity contribution in [2.45, 2.75) is 70.7 Å². The van der Waals surface area contributed by atoms with Gasteiger partial charge >= 0.3 is 17.4 Å². The zero-order valence-electron chi connectivity index (χ0n) is 23.5. The summed E-state index contributed by atoms with van der Waals surface area (Å²) in [4.78, 5) is 16.5. The van der Waals surface area contributed by atoms with Gasteiger partial charge in [0.25, 0.3) is 6.10 Å². The molecule has 0 amide bonds. The molecule has 0 spiro atoms. The number of carbonyl (C=O) groups is 1. The van der Waals surface area contributed by atoms with Gasteiger partial charge in [-0.25, -0.2) is 8.42 Å². The third-order valence-electron chi connectivity index (χ3n) is 8.57. The molecule has 5 nitrogen and oxygen atoms in total. The maximum Gasteiger partial charge on any atom is 0.432 e. The van der Waals surface area contributed by atoms with Crippen LogP contribution in [0.3, 0.4) is 0 Å². The van der Waals surface area contributed by atoms with Crippen LogP contribution >= 0.6 is 0 Å². The number of alkyl halides is 5. The van der Waals surface area contributed by atoms with Gasteiger partial charge in [-0.2, -0.15) is 22.0 Å². The van der Waals surface area contributed by atoms with Crippen molar-refractivity contribution in [3.05, 3.63) is 91.0 Å². The molecule has 4 aliphatic rings. The highest BCUT2D eigenvalue weighted by atomic mass is 32.2. The first-order valence-corrected chi connectivity index (χ1v) is 16.8. The molecule has 7 rings (SSSR count). The molecular weight excluding hydrogens is 623 g/mol. The first kappa shape index (κ1) is 32.4. The van der Waals surface area contributed by atoms with Crippen molar-refractivity contribution in [2.75, 3.05) is 0 Å². The molecule has 4 aliphatic carbocycles. The summed E-state index contributed by atoms with van der Waals surface area (Å²) in [6.45, 7) is 0. The van der Waals surface area contributed by atoms with Crippen molar-refractivity contribution in [1.29, 1.82) is 0 Å². The van der Waals surface area contributed by atoms with Gasteiger partial charge in [0, 0.05) is 0 Å². The lowest BCUT2D eigenvalue weighted by Crippen LogP contribution is -2.56. The van der Waals surface area contributed by atoms with E-state index in [9.17, 15) is 39.7 Å². The van der Waals surface area contributed by atoms with Crippen LogP contribution in [-0.4, -0.2) is 36.5 Å². The van der Waals surface area contributed by atoms with Crippen molar-refractivity contribution in [3.8, 4) is 0 Å². The van der Waals surface area contributed by atoms with Gasteiger partial charge in [-0.3, -0.25) is 4.79 Å². The maximum atomic E-state index is 13.5. The monoisotopic (exact) mass is 654 g/mol. The molecule has 0 N–H and O–H groups in total. The second-order valence-corrected chi connectivity index (χ2v) is 15.3. The maximum absolute atomic E-state index is 13.5. The molecule has 3 aromatic carbocycles. The zero-order chi connectivity index (χ0) is 31.8. The number of carbonyl (C=O) groups excluding carboxylic acids is 1. The number of ether oxygens (including phenoxy) is 1. The molecule has 0 saturated heterocycles. The number of rotatable bonds is 7. The summed E-state index contributed by atoms with van der Waals surface area (Å²) in [7, 11) is -6.68. The number of esters is 1. The van der Waals surface area contributed by atoms with Gasteiger partial charge in [-0.15, -0.1) is 0 Å². The summed E-state index contributed by atoms with van der Waals surface area (Å²) in [6, 6.07) is 32.2. The normalized spacial score (nSPS) is 25.2. The Labute approximate surface area is 255 Å². The minimum Gasteiger partial charge on any atom is -0.743 e. The molecule has 4 saturated carbocycles. The van der Waals surface area contributed by atoms with E-state index >= 15 is 0 Å². The fourth-order valence-electron chi connectivity index (χ4n) is 7.13. The van der Waals surface area contributed by atoms with Crippen LogP contribution < -0.4 is 0 Å². The standard InChI is InChI=1S/C18H15S.C14H17F5O5S/c1-4-10-16(11-5-1)19(17-12-6-2-7-13-17)18-14-8-3-9-15-18;15-13(16,17)10(14(18,19)25(21,22)23)24-11(20)12-4-7-1-8(5-12)3-9(2-7)6-12/h1-15H;7-10H,1-6H2,(H,21,22,23)/q+1;/p-1. The van der Waals surface area contributed by atoms with Gasteiger partial charge in [0.1, 0.15) is 0 Å². The van der Waals surface area contributed by atoms with Crippen molar-refractivity contribution in [2.24, 2.45) is 23.2 Å². The highest BCUT2D eigenvalue weighted by Gasteiger charge is 2.65. The Balaban J connectivity index is 0.000000181. The lowest BCUT2D eigenvalue weighted by molar-refractivity contribution is -0.266. The smallest absolute Gasteiger partial charge is 0.432 e. The predicted molar refractivity (Wildman–Crippen MR) is 153 cm³/mol. The van der Waals surface area contributed by atoms with Crippen molar-refractivity contribution < 1.29 is 44.5 Å². The molecule has 12 heteroatoms. The lowest BCUT2D eigenvalue weighted by Gasteiger charge is -2.55. The van der Waals surface area contributed by atoms with E-state index in [1.54, 1.807) is 0 Å². The molecule has 0 aromatic heterocycles. The topological polar surface area (TPSA) is 83.5 Å². The van der Waals surface area contributed by atoms with Gasteiger partial charge in [-0.1, -0.05) is 54.6 Å². The second kappa shape index (κ2) is 12.4. The van der Waals surface area contributed by atoms with Crippen molar-refractivity contribution >= 4 is 27.0 Å². The van der Waals surface area contributed by atoms with Crippen molar-refractivity contribution in [1.82, 2.24) is 0 Å². The van der Waals surface area contributed by atoms with Crippen LogP contribution in [-0.2, 0) is 30.5 Å². The first-order valence-electron chi connectivity index (χ1n) is 14.2. The quantitative estimate of drug-likeness (QED) is 0.113. The van der Waals surface area contributed by atoms with Crippen molar-refractivity contribution in [3.63, 3.8) is 0 Å². The predicted octanol–water partition coefficient (Wildman–Crippen LogP) is 7.60. The molecule has 0 aliphatic heterocycles. The molecule has 4 bridgehead atoms. The van der Waals surface area contributed by atoms with E-state index < -0.39 is 39.0 Å². The Morgan fingerprint density at radius 3 is 1.36 bits per heavy atom. The van der Waals surface area contributed by atoms with Gasteiger partial charge < -0.3 is 9.29 Å². The summed E-state index contributed by atoms with van der Waals surface area (Å²) in [5.74, 6) is -1.08. The minimum atomic E-state index is -6.67. The number of hydrogen-bond donors (Lipinski definition) is 0. The molecule has 44 heavy (non-hydrogen) atoms. The van der Waals surface area contributed by atoms with E-state index in [2.05, 4.69) is 95.7 Å². The molecule has 3 aromatic rings. The molecule has 1 atom stereocenters. The lowest BCUT2D eigenvalue weighted by atomic mass is 9.49. The van der Waals surface area contributed by atoms with Crippen LogP contribution in [0.1, 0.15) is 38.5 Å². The SMILES string of the molecule is O=C(OC(C(F)(F)F)C(F)(F)S(=O)(=O)[O-])C12CC3CC(CC(C3)C1)C2.c1ccc([S+](c2ccccc2)c2ccccc2)cc1. The van der Waals surface area contributed by atoms with Gasteiger partial charge in [0.15, 0.2) is 24.8 Å². The minimum absolute atomic E-state index is 0.0146. The van der Waals surface area contributed by atoms with Crippen LogP contribution in [0.5, 0.6) is 0 Å². The van der Waals surface area contributed by atoms with E-state index in [0.29, 0.717) is 0 Å². The summed E-state index contributed by atoms with van der Waals surface area (Å²) in [5, 5.41) is -5.79. The van der Waals surface area contributed by atoms with Crippen LogP contribution in [0.4, 0.5) is 22.0 Å². The fourth-order valence-corrected chi connectivity index (χ4v) is 9.68. The largest absolute Gasteiger partial charge is 0.743 e. The fraction of sp³-hybridized carbons (Fsp3) is 0.406.